The van der Waals surface area contributed by atoms with Crippen molar-refractivity contribution in [1.82, 2.24) is 9.88 Å². The first-order chi connectivity index (χ1) is 8.20. The van der Waals surface area contributed by atoms with Gasteiger partial charge in [0.2, 0.25) is 0 Å². The first kappa shape index (κ1) is 12.0. The molecule has 0 atom stereocenters. The zero-order valence-electron chi connectivity index (χ0n) is 10.0. The fourth-order valence-electron chi connectivity index (χ4n) is 2.02. The second kappa shape index (κ2) is 5.25. The first-order valence-corrected chi connectivity index (χ1v) is 6.09. The lowest BCUT2D eigenvalue weighted by molar-refractivity contribution is 0.0661. The Morgan fingerprint density at radius 3 is 2.88 bits per heavy atom. The van der Waals surface area contributed by atoms with Crippen LogP contribution in [0.25, 0.3) is 0 Å². The lowest BCUT2D eigenvalue weighted by Crippen LogP contribution is -2.39. The Hall–Kier alpha value is -1.45. The maximum absolute atomic E-state index is 13.0. The molecule has 0 aliphatic carbocycles. The Labute approximate surface area is 101 Å². The molecule has 1 fully saturated rings. The topological polar surface area (TPSA) is 33.2 Å². The monoisotopic (exact) mass is 236 g/mol. The molecule has 4 heteroatoms. The van der Waals surface area contributed by atoms with Crippen molar-refractivity contribution in [2.75, 3.05) is 13.1 Å². The minimum Gasteiger partial charge on any atom is -0.337 e. The Balaban J connectivity index is 2.08. The van der Waals surface area contributed by atoms with Crippen molar-refractivity contribution in [1.29, 1.82) is 0 Å². The molecule has 0 bridgehead atoms. The first-order valence-electron chi connectivity index (χ1n) is 6.09. The van der Waals surface area contributed by atoms with Gasteiger partial charge in [-0.2, -0.15) is 0 Å². The molecule has 0 N–H and O–H groups in total. The number of carbonyl (C=O) groups excluding carboxylic acids is 1. The van der Waals surface area contributed by atoms with E-state index in [2.05, 4.69) is 4.98 Å². The van der Waals surface area contributed by atoms with E-state index in [0.29, 0.717) is 31.6 Å². The van der Waals surface area contributed by atoms with Crippen molar-refractivity contribution in [2.45, 2.75) is 32.4 Å². The number of carbonyl (C=O) groups is 1. The third-order valence-electron chi connectivity index (χ3n) is 3.16. The molecule has 1 amide bonds. The van der Waals surface area contributed by atoms with E-state index in [1.807, 2.05) is 19.1 Å². The molecule has 1 aliphatic heterocycles. The van der Waals surface area contributed by atoms with Crippen LogP contribution in [0.1, 0.15) is 35.8 Å². The Bertz CT molecular complexity index is 400. The van der Waals surface area contributed by atoms with Crippen LogP contribution in [0.2, 0.25) is 0 Å². The molecule has 1 saturated heterocycles. The fourth-order valence-corrected chi connectivity index (χ4v) is 2.02. The Kier molecular flexibility index (Phi) is 3.71. The quantitative estimate of drug-likeness (QED) is 0.788. The number of rotatable bonds is 2. The van der Waals surface area contributed by atoms with Gasteiger partial charge in [-0.25, -0.2) is 4.39 Å². The van der Waals surface area contributed by atoms with E-state index >= 15 is 0 Å². The summed E-state index contributed by atoms with van der Waals surface area (Å²) in [5.74, 6) is -0.0767. The van der Waals surface area contributed by atoms with E-state index in [9.17, 15) is 9.18 Å². The van der Waals surface area contributed by atoms with Gasteiger partial charge in [-0.3, -0.25) is 9.78 Å². The molecule has 1 aromatic rings. The number of likely N-dealkylation sites (tertiary alicyclic amines) is 1. The maximum Gasteiger partial charge on any atom is 0.272 e. The van der Waals surface area contributed by atoms with Crippen LogP contribution in [0.15, 0.2) is 18.3 Å². The molecule has 3 nitrogen and oxygen atoms in total. The molecule has 1 aromatic heterocycles. The van der Waals surface area contributed by atoms with Crippen molar-refractivity contribution in [3.8, 4) is 0 Å². The van der Waals surface area contributed by atoms with Gasteiger partial charge in [-0.15, -0.1) is 0 Å². The summed E-state index contributed by atoms with van der Waals surface area (Å²) in [6.07, 6.45) is 2.68. The largest absolute Gasteiger partial charge is 0.337 e. The molecule has 0 unspecified atom stereocenters. The number of amides is 1. The molecular formula is C13H17FN2O. The van der Waals surface area contributed by atoms with E-state index in [-0.39, 0.29) is 5.91 Å². The number of piperidine rings is 1. The molecular weight excluding hydrogens is 219 g/mol. The summed E-state index contributed by atoms with van der Waals surface area (Å²) in [6.45, 7) is 3.04. The van der Waals surface area contributed by atoms with Crippen molar-refractivity contribution in [3.05, 3.63) is 29.6 Å². The summed E-state index contributed by atoms with van der Waals surface area (Å²) in [6, 6.07) is 3.73. The second-order valence-electron chi connectivity index (χ2n) is 4.37. The highest BCUT2D eigenvalue weighted by molar-refractivity contribution is 5.92. The number of aromatic nitrogens is 1. The standard InChI is InChI=1S/C13H17FN2O/c1-2-10-3-6-15-12(9-10)13(17)16-7-4-11(14)5-8-16/h3,6,9,11H,2,4-5,7-8H2,1H3. The number of alkyl halides is 1. The molecule has 0 aromatic carbocycles. The number of nitrogens with zero attached hydrogens (tertiary/aromatic N) is 2. The average Bonchev–Trinajstić information content (AvgIpc) is 2.39. The minimum absolute atomic E-state index is 0.0767. The molecule has 0 radical (unpaired) electrons. The summed E-state index contributed by atoms with van der Waals surface area (Å²) in [5.41, 5.74) is 1.57. The zero-order valence-corrected chi connectivity index (χ0v) is 10.0. The Morgan fingerprint density at radius 1 is 1.53 bits per heavy atom. The van der Waals surface area contributed by atoms with Gasteiger partial charge in [0.15, 0.2) is 0 Å². The zero-order chi connectivity index (χ0) is 12.3. The minimum atomic E-state index is -0.756. The fraction of sp³-hybridized carbons (Fsp3) is 0.538. The van der Waals surface area contributed by atoms with Crippen LogP contribution < -0.4 is 0 Å². The Morgan fingerprint density at radius 2 is 2.24 bits per heavy atom. The van der Waals surface area contributed by atoms with Crippen LogP contribution in [-0.2, 0) is 6.42 Å². The van der Waals surface area contributed by atoms with Crippen LogP contribution >= 0.6 is 0 Å². The van der Waals surface area contributed by atoms with Gasteiger partial charge in [-0.1, -0.05) is 6.92 Å². The second-order valence-corrected chi connectivity index (χ2v) is 4.37. The predicted molar refractivity (Wildman–Crippen MR) is 63.6 cm³/mol. The highest BCUT2D eigenvalue weighted by atomic mass is 19.1. The third kappa shape index (κ3) is 2.81. The number of pyridine rings is 1. The van der Waals surface area contributed by atoms with Crippen LogP contribution in [0, 0.1) is 0 Å². The van der Waals surface area contributed by atoms with Gasteiger partial charge in [-0.05, 0) is 37.0 Å². The number of hydrogen-bond acceptors (Lipinski definition) is 2. The summed E-state index contributed by atoms with van der Waals surface area (Å²) in [7, 11) is 0. The molecule has 0 spiro atoms. The summed E-state index contributed by atoms with van der Waals surface area (Å²) in [5, 5.41) is 0. The van der Waals surface area contributed by atoms with Crippen LogP contribution in [0.3, 0.4) is 0 Å². The van der Waals surface area contributed by atoms with Gasteiger partial charge in [0.25, 0.3) is 5.91 Å². The molecule has 2 rings (SSSR count). The van der Waals surface area contributed by atoms with E-state index in [1.54, 1.807) is 11.1 Å². The summed E-state index contributed by atoms with van der Waals surface area (Å²) < 4.78 is 13.0. The van der Waals surface area contributed by atoms with Crippen molar-refractivity contribution >= 4 is 5.91 Å². The molecule has 0 saturated carbocycles. The lowest BCUT2D eigenvalue weighted by atomic mass is 10.1. The smallest absolute Gasteiger partial charge is 0.272 e. The molecule has 1 aliphatic rings. The number of hydrogen-bond donors (Lipinski definition) is 0. The van der Waals surface area contributed by atoms with Gasteiger partial charge < -0.3 is 4.90 Å². The van der Waals surface area contributed by atoms with Crippen molar-refractivity contribution in [2.24, 2.45) is 0 Å². The van der Waals surface area contributed by atoms with E-state index in [1.165, 1.54) is 0 Å². The van der Waals surface area contributed by atoms with Gasteiger partial charge in [0.1, 0.15) is 11.9 Å². The van der Waals surface area contributed by atoms with Crippen molar-refractivity contribution in [3.63, 3.8) is 0 Å². The summed E-state index contributed by atoms with van der Waals surface area (Å²) >= 11 is 0. The van der Waals surface area contributed by atoms with Gasteiger partial charge >= 0.3 is 0 Å². The molecule has 2 heterocycles. The van der Waals surface area contributed by atoms with Gasteiger partial charge in [0.05, 0.1) is 0 Å². The predicted octanol–water partition coefficient (Wildman–Crippen LogP) is 2.22. The molecule has 17 heavy (non-hydrogen) atoms. The summed E-state index contributed by atoms with van der Waals surface area (Å²) in [4.78, 5) is 17.9. The van der Waals surface area contributed by atoms with Crippen LogP contribution in [-0.4, -0.2) is 35.1 Å². The van der Waals surface area contributed by atoms with E-state index < -0.39 is 6.17 Å². The normalized spacial score (nSPS) is 17.2. The van der Waals surface area contributed by atoms with Crippen LogP contribution in [0.4, 0.5) is 4.39 Å². The highest BCUT2D eigenvalue weighted by Gasteiger charge is 2.23. The lowest BCUT2D eigenvalue weighted by Gasteiger charge is -2.28. The van der Waals surface area contributed by atoms with Crippen molar-refractivity contribution < 1.29 is 9.18 Å². The SMILES string of the molecule is CCc1ccnc(C(=O)N2CCC(F)CC2)c1. The van der Waals surface area contributed by atoms with Gasteiger partial charge in [0, 0.05) is 19.3 Å². The number of aryl methyl sites for hydroxylation is 1. The van der Waals surface area contributed by atoms with E-state index in [4.69, 9.17) is 0 Å². The average molecular weight is 236 g/mol. The van der Waals surface area contributed by atoms with E-state index in [0.717, 1.165) is 12.0 Å². The molecule has 92 valence electrons. The third-order valence-corrected chi connectivity index (χ3v) is 3.16. The number of halogens is 1. The van der Waals surface area contributed by atoms with Crippen LogP contribution in [0.5, 0.6) is 0 Å². The maximum atomic E-state index is 13.0. The highest BCUT2D eigenvalue weighted by Crippen LogP contribution is 2.15.